The molecule has 2 bridgehead atoms. The molecular weight excluding hydrogens is 883 g/mol. The number of rotatable bonds is 12. The number of hydrogen-bond donors (Lipinski definition) is 4. The number of alkyl halides is 2. The van der Waals surface area contributed by atoms with E-state index < -0.39 is 48.4 Å². The lowest BCUT2D eigenvalue weighted by molar-refractivity contribution is -0.136. The van der Waals surface area contributed by atoms with Crippen LogP contribution in [0.3, 0.4) is 0 Å². The predicted molar refractivity (Wildman–Crippen MR) is 256 cm³/mol. The minimum atomic E-state index is -1.61. The van der Waals surface area contributed by atoms with Crippen molar-refractivity contribution in [3.05, 3.63) is 70.6 Å². The highest BCUT2D eigenvalue weighted by molar-refractivity contribution is 5.88. The van der Waals surface area contributed by atoms with Gasteiger partial charge in [0, 0.05) is 36.1 Å². The fourth-order valence-corrected chi connectivity index (χ4v) is 13.2. The van der Waals surface area contributed by atoms with E-state index in [1.165, 1.54) is 38.2 Å². The van der Waals surface area contributed by atoms with Crippen LogP contribution in [0, 0.1) is 17.3 Å². The first-order chi connectivity index (χ1) is 33.3. The van der Waals surface area contributed by atoms with Gasteiger partial charge in [-0.15, -0.1) is 0 Å². The number of nitrogens with zero attached hydrogens (tertiary/aromatic N) is 4. The molecule has 69 heavy (non-hydrogen) atoms. The lowest BCUT2D eigenvalue weighted by Crippen LogP contribution is -2.51. The topological polar surface area (TPSA) is 175 Å². The zero-order valence-electron chi connectivity index (χ0n) is 40.6. The molecule has 4 aliphatic carbocycles. The van der Waals surface area contributed by atoms with Crippen molar-refractivity contribution in [2.75, 3.05) is 27.3 Å². The Hall–Kier alpha value is -5.80. The zero-order chi connectivity index (χ0) is 48.5. The molecule has 368 valence electrons. The van der Waals surface area contributed by atoms with Crippen LogP contribution >= 0.6 is 0 Å². The molecule has 16 heteroatoms. The number of aromatic amines is 2. The summed E-state index contributed by atoms with van der Waals surface area (Å²) in [7, 11) is 2.57. The van der Waals surface area contributed by atoms with Crippen molar-refractivity contribution in [1.29, 1.82) is 0 Å². The van der Waals surface area contributed by atoms with E-state index in [-0.39, 0.29) is 41.1 Å². The molecule has 6 aliphatic rings. The highest BCUT2D eigenvalue weighted by Gasteiger charge is 2.55. The van der Waals surface area contributed by atoms with E-state index in [1.54, 1.807) is 11.1 Å². The molecule has 4 amide bonds. The second kappa shape index (κ2) is 18.5. The SMILES string of the molecule is CCC(C)[C@H](NC(=O)OC)C(=O)N1CCC[C@@H]1c1ncc(-c2ccc(-c3ccc(-c4cnc([C@@H]5CCCN5C(=O)[C@H](NC(=O)OC)C(C)C)[nH]4)c4c3CC3(CCCC3)C4)c3c2C2CC3C(F)C2F)[nH]1. The minimum absolute atomic E-state index is 0.122. The molecule has 9 atom stereocenters. The van der Waals surface area contributed by atoms with Crippen molar-refractivity contribution in [3.63, 3.8) is 0 Å². The van der Waals surface area contributed by atoms with E-state index in [2.05, 4.69) is 38.8 Å². The van der Waals surface area contributed by atoms with Crippen LogP contribution in [0.25, 0.3) is 33.6 Å². The van der Waals surface area contributed by atoms with Gasteiger partial charge in [0.1, 0.15) is 36.1 Å². The highest BCUT2D eigenvalue weighted by atomic mass is 19.2. The van der Waals surface area contributed by atoms with Crippen molar-refractivity contribution in [2.45, 2.75) is 153 Å². The lowest BCUT2D eigenvalue weighted by Gasteiger charge is -2.30. The summed E-state index contributed by atoms with van der Waals surface area (Å²) in [6, 6.07) is 6.38. The van der Waals surface area contributed by atoms with Crippen molar-refractivity contribution >= 4 is 24.0 Å². The van der Waals surface area contributed by atoms with E-state index in [0.717, 1.165) is 84.0 Å². The first-order valence-corrected chi connectivity index (χ1v) is 25.3. The van der Waals surface area contributed by atoms with E-state index in [1.807, 2.05) is 44.9 Å². The number of methoxy groups -OCH3 is 2. The average molecular weight is 949 g/mol. The minimum Gasteiger partial charge on any atom is -0.453 e. The molecule has 2 aromatic carbocycles. The average Bonchev–Trinajstić information content (AvgIpc) is 4.21. The van der Waals surface area contributed by atoms with Gasteiger partial charge in [0.2, 0.25) is 11.8 Å². The normalized spacial score (nSPS) is 25.5. The van der Waals surface area contributed by atoms with E-state index >= 15 is 8.78 Å². The summed E-state index contributed by atoms with van der Waals surface area (Å²) < 4.78 is 41.9. The number of hydrogen-bond acceptors (Lipinski definition) is 8. The number of likely N-dealkylation sites (tertiary alicyclic amines) is 2. The molecular formula is C53H66F2N8O6. The van der Waals surface area contributed by atoms with Gasteiger partial charge in [0.05, 0.1) is 50.1 Å². The lowest BCUT2D eigenvalue weighted by atomic mass is 9.79. The Morgan fingerprint density at radius 3 is 1.74 bits per heavy atom. The smallest absolute Gasteiger partial charge is 0.407 e. The number of fused-ring (bicyclic) bond motifs is 6. The van der Waals surface area contributed by atoms with Crippen LogP contribution in [0.4, 0.5) is 18.4 Å². The summed E-state index contributed by atoms with van der Waals surface area (Å²) in [6.07, 6.45) is 9.68. The van der Waals surface area contributed by atoms with Gasteiger partial charge in [0.25, 0.3) is 0 Å². The second-order valence-electron chi connectivity index (χ2n) is 21.1. The summed E-state index contributed by atoms with van der Waals surface area (Å²) in [5.41, 5.74) is 9.87. The maximum atomic E-state index is 16.1. The van der Waals surface area contributed by atoms with Gasteiger partial charge in [-0.05, 0) is 108 Å². The number of imidazole rings is 2. The highest BCUT2D eigenvalue weighted by Crippen LogP contribution is 2.61. The Morgan fingerprint density at radius 1 is 0.710 bits per heavy atom. The standard InChI is InChI=1S/C53H66F2N8O6/c1-7-28(4)46(61-52(67)69-6)50(65)63-21-11-13-40(63)48-57-26-38(59-48)32-17-16-31(41-33-22-34(42(32)41)44(55)43(33)54)29-14-15-30(36-24-53(23-35(29)36)18-8-9-19-53)37-25-56-47(58-37)39-12-10-20-62(39)49(64)45(27(2)3)60-51(66)68-5/h14-17,25-28,33-34,39-40,43-46H,7-13,18-24H2,1-6H3,(H,56,58)(H,57,59)(H,60,66)(H,61,67)/t28?,33?,34?,39-,40+,43?,44?,45+,46-/m0/s1. The van der Waals surface area contributed by atoms with Crippen molar-refractivity contribution in [3.8, 4) is 33.6 Å². The van der Waals surface area contributed by atoms with Crippen LogP contribution in [-0.2, 0) is 31.9 Å². The van der Waals surface area contributed by atoms with Gasteiger partial charge in [0.15, 0.2) is 0 Å². The molecule has 10 rings (SSSR count). The van der Waals surface area contributed by atoms with Crippen molar-refractivity contribution < 1.29 is 37.4 Å². The Balaban J connectivity index is 0.990. The maximum Gasteiger partial charge on any atom is 0.407 e. The molecule has 1 spiro atoms. The first-order valence-electron chi connectivity index (χ1n) is 25.3. The number of ether oxygens (including phenoxy) is 2. The van der Waals surface area contributed by atoms with Crippen LogP contribution < -0.4 is 10.6 Å². The molecule has 14 nitrogen and oxygen atoms in total. The Kier molecular flexibility index (Phi) is 12.6. The molecule has 2 saturated heterocycles. The number of aromatic nitrogens is 4. The number of amides is 4. The van der Waals surface area contributed by atoms with Crippen molar-refractivity contribution in [1.82, 2.24) is 40.4 Å². The van der Waals surface area contributed by atoms with Crippen LogP contribution in [0.5, 0.6) is 0 Å². The third kappa shape index (κ3) is 8.06. The number of alkyl carbamates (subject to hydrolysis) is 2. The van der Waals surface area contributed by atoms with Gasteiger partial charge in [-0.2, -0.15) is 0 Å². The van der Waals surface area contributed by atoms with Gasteiger partial charge in [-0.25, -0.2) is 28.3 Å². The van der Waals surface area contributed by atoms with Crippen LogP contribution in [0.2, 0.25) is 0 Å². The Bertz CT molecular complexity index is 2640. The fourth-order valence-electron chi connectivity index (χ4n) is 13.2. The third-order valence-corrected chi connectivity index (χ3v) is 16.9. The monoisotopic (exact) mass is 949 g/mol. The van der Waals surface area contributed by atoms with E-state index in [0.29, 0.717) is 49.7 Å². The molecule has 5 unspecified atom stereocenters. The van der Waals surface area contributed by atoms with E-state index in [9.17, 15) is 19.2 Å². The Labute approximate surface area is 402 Å². The second-order valence-corrected chi connectivity index (χ2v) is 21.1. The summed E-state index contributed by atoms with van der Waals surface area (Å²) in [5.74, 6) is -0.457. The molecule has 4 N–H and O–H groups in total. The molecule has 4 aromatic rings. The maximum absolute atomic E-state index is 16.1. The zero-order valence-corrected chi connectivity index (χ0v) is 40.6. The van der Waals surface area contributed by atoms with Gasteiger partial charge < -0.3 is 39.9 Å². The first kappa shape index (κ1) is 46.9. The number of carbonyl (C=O) groups excluding carboxylic acids is 4. The number of benzene rings is 2. The quantitative estimate of drug-likeness (QED) is 0.109. The molecule has 4 fully saturated rings. The number of carbonyl (C=O) groups is 4. The van der Waals surface area contributed by atoms with Crippen LogP contribution in [-0.4, -0.2) is 105 Å². The van der Waals surface area contributed by atoms with Crippen LogP contribution in [0.15, 0.2) is 36.7 Å². The van der Waals surface area contributed by atoms with Crippen molar-refractivity contribution in [2.24, 2.45) is 17.3 Å². The molecule has 4 heterocycles. The number of halogens is 2. The largest absolute Gasteiger partial charge is 0.453 e. The predicted octanol–water partition coefficient (Wildman–Crippen LogP) is 9.53. The Morgan fingerprint density at radius 2 is 1.19 bits per heavy atom. The van der Waals surface area contributed by atoms with Gasteiger partial charge >= 0.3 is 12.2 Å². The van der Waals surface area contributed by atoms with Gasteiger partial charge in [-0.3, -0.25) is 9.59 Å². The molecule has 2 aliphatic heterocycles. The number of nitrogens with one attached hydrogen (secondary N) is 4. The van der Waals surface area contributed by atoms with Crippen LogP contribution in [0.1, 0.15) is 150 Å². The summed E-state index contributed by atoms with van der Waals surface area (Å²) in [5, 5.41) is 5.49. The molecule has 0 radical (unpaired) electrons. The molecule has 2 aromatic heterocycles. The molecule has 2 saturated carbocycles. The van der Waals surface area contributed by atoms with E-state index in [4.69, 9.17) is 19.4 Å². The summed E-state index contributed by atoms with van der Waals surface area (Å²) >= 11 is 0. The van der Waals surface area contributed by atoms with Gasteiger partial charge in [-0.1, -0.05) is 71.2 Å². The third-order valence-electron chi connectivity index (χ3n) is 16.9. The fraction of sp³-hybridized carbons (Fsp3) is 0.585. The number of H-pyrrole nitrogens is 2. The summed E-state index contributed by atoms with van der Waals surface area (Å²) in [4.78, 5) is 73.0. The summed E-state index contributed by atoms with van der Waals surface area (Å²) in [6.45, 7) is 8.80.